The molecular weight excluding hydrogens is 313 g/mol. The summed E-state index contributed by atoms with van der Waals surface area (Å²) in [6.07, 6.45) is 4.80. The lowest BCUT2D eigenvalue weighted by molar-refractivity contribution is -0.667. The van der Waals surface area contributed by atoms with Crippen LogP contribution in [-0.2, 0) is 6.42 Å². The van der Waals surface area contributed by atoms with E-state index in [0.717, 1.165) is 5.75 Å². The van der Waals surface area contributed by atoms with Crippen molar-refractivity contribution < 1.29 is 10.1 Å². The minimum atomic E-state index is 0.159. The molecule has 1 aromatic rings. The quantitative estimate of drug-likeness (QED) is 0.720. The van der Waals surface area contributed by atoms with Gasteiger partial charge in [0.1, 0.15) is 11.4 Å². The van der Waals surface area contributed by atoms with Gasteiger partial charge in [-0.05, 0) is 47.6 Å². The highest BCUT2D eigenvalue weighted by Crippen LogP contribution is 2.39. The molecule has 0 unspecified atom stereocenters. The van der Waals surface area contributed by atoms with Gasteiger partial charge in [-0.1, -0.05) is 6.07 Å². The molecule has 0 amide bonds. The van der Waals surface area contributed by atoms with Crippen molar-refractivity contribution in [3.63, 3.8) is 0 Å². The van der Waals surface area contributed by atoms with Crippen LogP contribution in [0, 0.1) is 3.57 Å². The highest BCUT2D eigenvalue weighted by Gasteiger charge is 2.39. The smallest absolute Gasteiger partial charge is 0.124 e. The largest absolute Gasteiger partial charge is 0.486 e. The van der Waals surface area contributed by atoms with Crippen LogP contribution >= 0.6 is 22.6 Å². The summed E-state index contributed by atoms with van der Waals surface area (Å²) in [6.45, 7) is 2.44. The summed E-state index contributed by atoms with van der Waals surface area (Å²) in [5.41, 5.74) is 1.58. The Balaban J connectivity index is 1.91. The summed E-state index contributed by atoms with van der Waals surface area (Å²) in [5.74, 6) is 1.14. The maximum Gasteiger partial charge on any atom is 0.124 e. The third-order valence-corrected chi connectivity index (χ3v) is 4.85. The Hall–Kier alpha value is -0.290. The highest BCUT2D eigenvalue weighted by molar-refractivity contribution is 14.1. The SMILES string of the molecule is Ic1cccc2c1CCC1(CC[NH2+]CC1)O2. The number of fused-ring (bicyclic) bond motifs is 1. The van der Waals surface area contributed by atoms with Crippen molar-refractivity contribution in [3.05, 3.63) is 27.3 Å². The molecule has 0 aromatic heterocycles. The molecule has 0 saturated carbocycles. The molecule has 3 rings (SSSR count). The van der Waals surface area contributed by atoms with Crippen molar-refractivity contribution >= 4 is 22.6 Å². The predicted molar refractivity (Wildman–Crippen MR) is 71.7 cm³/mol. The van der Waals surface area contributed by atoms with Gasteiger partial charge in [0, 0.05) is 22.0 Å². The zero-order valence-electron chi connectivity index (χ0n) is 9.34. The van der Waals surface area contributed by atoms with Crippen LogP contribution in [0.15, 0.2) is 18.2 Å². The Morgan fingerprint density at radius 1 is 1.19 bits per heavy atom. The van der Waals surface area contributed by atoms with Gasteiger partial charge in [-0.2, -0.15) is 0 Å². The molecule has 1 aromatic carbocycles. The van der Waals surface area contributed by atoms with E-state index in [4.69, 9.17) is 4.74 Å². The van der Waals surface area contributed by atoms with Crippen LogP contribution in [0.4, 0.5) is 0 Å². The summed E-state index contributed by atoms with van der Waals surface area (Å²) < 4.78 is 7.67. The second kappa shape index (κ2) is 4.18. The monoisotopic (exact) mass is 330 g/mol. The lowest BCUT2D eigenvalue weighted by atomic mass is 9.84. The molecule has 0 aliphatic carbocycles. The van der Waals surface area contributed by atoms with Crippen molar-refractivity contribution in [2.45, 2.75) is 31.3 Å². The zero-order valence-corrected chi connectivity index (χ0v) is 11.5. The highest BCUT2D eigenvalue weighted by atomic mass is 127. The third-order valence-electron chi connectivity index (χ3n) is 3.84. The molecule has 3 heteroatoms. The first-order valence-electron chi connectivity index (χ1n) is 6.07. The molecule has 1 fully saturated rings. The number of halogens is 1. The first kappa shape index (κ1) is 10.8. The van der Waals surface area contributed by atoms with E-state index in [1.807, 2.05) is 0 Å². The molecule has 0 bridgehead atoms. The van der Waals surface area contributed by atoms with Gasteiger partial charge in [-0.15, -0.1) is 0 Å². The van der Waals surface area contributed by atoms with E-state index < -0.39 is 0 Å². The Kier molecular flexibility index (Phi) is 2.83. The van der Waals surface area contributed by atoms with E-state index in [-0.39, 0.29) is 5.60 Å². The molecule has 2 nitrogen and oxygen atoms in total. The number of hydrogen-bond donors (Lipinski definition) is 1. The van der Waals surface area contributed by atoms with E-state index >= 15 is 0 Å². The van der Waals surface area contributed by atoms with Crippen LogP contribution in [0.25, 0.3) is 0 Å². The molecule has 2 aliphatic heterocycles. The summed E-state index contributed by atoms with van der Waals surface area (Å²) in [4.78, 5) is 0. The van der Waals surface area contributed by atoms with Crippen LogP contribution in [0.3, 0.4) is 0 Å². The fourth-order valence-corrected chi connectivity index (χ4v) is 3.61. The third kappa shape index (κ3) is 1.84. The first-order valence-corrected chi connectivity index (χ1v) is 7.15. The number of rotatable bonds is 0. The Morgan fingerprint density at radius 3 is 2.81 bits per heavy atom. The van der Waals surface area contributed by atoms with Gasteiger partial charge < -0.3 is 10.1 Å². The van der Waals surface area contributed by atoms with Gasteiger partial charge in [0.15, 0.2) is 0 Å². The number of piperidine rings is 1. The van der Waals surface area contributed by atoms with E-state index in [1.54, 1.807) is 0 Å². The molecule has 0 radical (unpaired) electrons. The lowest BCUT2D eigenvalue weighted by Crippen LogP contribution is -2.88. The maximum atomic E-state index is 6.32. The van der Waals surface area contributed by atoms with E-state index in [0.29, 0.717) is 0 Å². The normalized spacial score (nSPS) is 22.6. The number of quaternary nitrogens is 1. The summed E-state index contributed by atoms with van der Waals surface area (Å²) in [6, 6.07) is 6.42. The van der Waals surface area contributed by atoms with Crippen LogP contribution < -0.4 is 10.1 Å². The molecule has 2 heterocycles. The number of ether oxygens (including phenoxy) is 1. The molecule has 16 heavy (non-hydrogen) atoms. The average molecular weight is 330 g/mol. The molecule has 2 N–H and O–H groups in total. The van der Waals surface area contributed by atoms with Gasteiger partial charge in [0.05, 0.1) is 13.1 Å². The number of nitrogens with two attached hydrogens (primary N) is 1. The average Bonchev–Trinajstić information content (AvgIpc) is 2.30. The molecule has 1 saturated heterocycles. The van der Waals surface area contributed by atoms with Crippen molar-refractivity contribution in [1.29, 1.82) is 0 Å². The summed E-state index contributed by atoms with van der Waals surface area (Å²) >= 11 is 2.42. The van der Waals surface area contributed by atoms with Crippen LogP contribution in [0.5, 0.6) is 5.75 Å². The van der Waals surface area contributed by atoms with Gasteiger partial charge >= 0.3 is 0 Å². The van der Waals surface area contributed by atoms with Crippen molar-refractivity contribution in [2.75, 3.05) is 13.1 Å². The van der Waals surface area contributed by atoms with E-state index in [1.165, 1.54) is 47.9 Å². The van der Waals surface area contributed by atoms with Crippen molar-refractivity contribution in [3.8, 4) is 5.75 Å². The minimum absolute atomic E-state index is 0.159. The number of benzene rings is 1. The molecule has 0 atom stereocenters. The van der Waals surface area contributed by atoms with Crippen LogP contribution in [0.1, 0.15) is 24.8 Å². The Labute approximate surface area is 110 Å². The van der Waals surface area contributed by atoms with E-state index in [2.05, 4.69) is 46.1 Å². The second-order valence-corrected chi connectivity index (χ2v) is 6.03. The second-order valence-electron chi connectivity index (χ2n) is 4.87. The number of hydrogen-bond acceptors (Lipinski definition) is 1. The predicted octanol–water partition coefficient (Wildman–Crippen LogP) is 1.71. The van der Waals surface area contributed by atoms with Crippen molar-refractivity contribution in [1.82, 2.24) is 0 Å². The topological polar surface area (TPSA) is 25.8 Å². The lowest BCUT2D eigenvalue weighted by Gasteiger charge is -2.40. The summed E-state index contributed by atoms with van der Waals surface area (Å²) in [5, 5.41) is 2.40. The standard InChI is InChI=1S/C13H16INO/c14-11-2-1-3-12-10(11)4-5-13(16-12)6-8-15-9-7-13/h1-3,15H,4-9H2/p+1. The van der Waals surface area contributed by atoms with Crippen LogP contribution in [0.2, 0.25) is 0 Å². The fourth-order valence-electron chi connectivity index (χ4n) is 2.87. The van der Waals surface area contributed by atoms with Gasteiger partial charge in [-0.3, -0.25) is 0 Å². The molecule has 1 spiro atoms. The molecular formula is C13H17INO+. The van der Waals surface area contributed by atoms with E-state index in [9.17, 15) is 0 Å². The maximum absolute atomic E-state index is 6.32. The molecule has 86 valence electrons. The van der Waals surface area contributed by atoms with Gasteiger partial charge in [0.25, 0.3) is 0 Å². The Bertz CT molecular complexity index is 399. The fraction of sp³-hybridized carbons (Fsp3) is 0.538. The minimum Gasteiger partial charge on any atom is -0.486 e. The molecule has 2 aliphatic rings. The summed E-state index contributed by atoms with van der Waals surface area (Å²) in [7, 11) is 0. The first-order chi connectivity index (χ1) is 7.79. The van der Waals surface area contributed by atoms with Gasteiger partial charge in [0.2, 0.25) is 0 Å². The van der Waals surface area contributed by atoms with Crippen LogP contribution in [-0.4, -0.2) is 18.7 Å². The van der Waals surface area contributed by atoms with Crippen molar-refractivity contribution in [2.24, 2.45) is 0 Å². The Morgan fingerprint density at radius 2 is 2.00 bits per heavy atom. The zero-order chi connectivity index (χ0) is 11.0. The van der Waals surface area contributed by atoms with Gasteiger partial charge in [-0.25, -0.2) is 0 Å².